The Bertz CT molecular complexity index is 334. The van der Waals surface area contributed by atoms with E-state index >= 15 is 0 Å². The van der Waals surface area contributed by atoms with Crippen molar-refractivity contribution in [3.8, 4) is 0 Å². The van der Waals surface area contributed by atoms with Crippen molar-refractivity contribution in [1.29, 1.82) is 0 Å². The normalized spacial score (nSPS) is 38.0. The topological polar surface area (TPSA) is 78.3 Å². The van der Waals surface area contributed by atoms with E-state index in [1.165, 1.54) is 32.1 Å². The molecule has 4 nitrogen and oxygen atoms in total. The average molecular weight is 282 g/mol. The van der Waals surface area contributed by atoms with E-state index in [4.69, 9.17) is 16.2 Å². The van der Waals surface area contributed by atoms with Crippen LogP contribution in [0.15, 0.2) is 0 Å². The lowest BCUT2D eigenvalue weighted by Crippen LogP contribution is -2.54. The molecule has 0 bridgehead atoms. The summed E-state index contributed by atoms with van der Waals surface area (Å²) in [5.41, 5.74) is 10.9. The molecule has 2 aliphatic carbocycles. The van der Waals surface area contributed by atoms with Crippen LogP contribution >= 0.6 is 0 Å². The zero-order valence-electron chi connectivity index (χ0n) is 12.8. The largest absolute Gasteiger partial charge is 0.378 e. The molecule has 0 spiro atoms. The molecule has 20 heavy (non-hydrogen) atoms. The molecule has 2 fully saturated rings. The molecular formula is C16H30N2O2. The summed E-state index contributed by atoms with van der Waals surface area (Å²) < 4.78 is 6.04. The molecule has 0 heterocycles. The minimum Gasteiger partial charge on any atom is -0.378 e. The Morgan fingerprint density at radius 3 is 2.80 bits per heavy atom. The van der Waals surface area contributed by atoms with Gasteiger partial charge in [-0.15, -0.1) is 0 Å². The second-order valence-electron chi connectivity index (χ2n) is 6.72. The van der Waals surface area contributed by atoms with Gasteiger partial charge in [0.25, 0.3) is 0 Å². The van der Waals surface area contributed by atoms with Crippen LogP contribution in [0.3, 0.4) is 0 Å². The standard InChI is InChI=1S/C16H30N2O2/c1-2-12-5-3-7-14(11-12)20-10-8-13-6-4-9-16(13,18)15(17)19/h12-14H,2-11,18H2,1H3,(H2,17,19). The van der Waals surface area contributed by atoms with Crippen LogP contribution in [0.2, 0.25) is 0 Å². The predicted molar refractivity (Wildman–Crippen MR) is 80.1 cm³/mol. The molecule has 116 valence electrons. The van der Waals surface area contributed by atoms with Gasteiger partial charge in [0, 0.05) is 6.61 Å². The van der Waals surface area contributed by atoms with Gasteiger partial charge in [0.2, 0.25) is 5.91 Å². The number of primary amides is 1. The maximum Gasteiger partial charge on any atom is 0.237 e. The second kappa shape index (κ2) is 6.90. The molecule has 2 saturated carbocycles. The van der Waals surface area contributed by atoms with Crippen LogP contribution in [-0.4, -0.2) is 24.2 Å². The highest BCUT2D eigenvalue weighted by molar-refractivity contribution is 5.85. The minimum absolute atomic E-state index is 0.200. The van der Waals surface area contributed by atoms with E-state index < -0.39 is 5.54 Å². The van der Waals surface area contributed by atoms with Crippen LogP contribution < -0.4 is 11.5 Å². The Kier molecular flexibility index (Phi) is 5.44. The summed E-state index contributed by atoms with van der Waals surface area (Å²) in [7, 11) is 0. The van der Waals surface area contributed by atoms with Gasteiger partial charge in [0.1, 0.15) is 0 Å². The van der Waals surface area contributed by atoms with Gasteiger partial charge in [-0.25, -0.2) is 0 Å². The third-order valence-corrected chi connectivity index (χ3v) is 5.46. The van der Waals surface area contributed by atoms with Crippen molar-refractivity contribution in [2.24, 2.45) is 23.3 Å². The number of carbonyl (C=O) groups excluding carboxylic acids is 1. The van der Waals surface area contributed by atoms with Crippen LogP contribution in [0.5, 0.6) is 0 Å². The molecular weight excluding hydrogens is 252 g/mol. The lowest BCUT2D eigenvalue weighted by molar-refractivity contribution is -0.124. The van der Waals surface area contributed by atoms with E-state index in [1.54, 1.807) is 0 Å². The summed E-state index contributed by atoms with van der Waals surface area (Å²) in [6.45, 7) is 2.99. The van der Waals surface area contributed by atoms with Gasteiger partial charge in [-0.05, 0) is 43.9 Å². The fraction of sp³-hybridized carbons (Fsp3) is 0.938. The fourth-order valence-corrected chi connectivity index (χ4v) is 3.97. The van der Waals surface area contributed by atoms with E-state index in [2.05, 4.69) is 6.92 Å². The summed E-state index contributed by atoms with van der Waals surface area (Å²) in [6, 6.07) is 0. The van der Waals surface area contributed by atoms with Gasteiger partial charge < -0.3 is 16.2 Å². The van der Waals surface area contributed by atoms with E-state index in [0.717, 1.165) is 38.2 Å². The van der Waals surface area contributed by atoms with Crippen LogP contribution in [0.1, 0.15) is 64.7 Å². The number of carbonyl (C=O) groups is 1. The monoisotopic (exact) mass is 282 g/mol. The molecule has 4 unspecified atom stereocenters. The van der Waals surface area contributed by atoms with E-state index in [1.807, 2.05) is 0 Å². The minimum atomic E-state index is -0.790. The predicted octanol–water partition coefficient (Wildman–Crippen LogP) is 2.34. The van der Waals surface area contributed by atoms with Gasteiger partial charge in [-0.2, -0.15) is 0 Å². The van der Waals surface area contributed by atoms with Gasteiger partial charge in [0.05, 0.1) is 11.6 Å². The molecule has 0 aromatic rings. The first-order valence-electron chi connectivity index (χ1n) is 8.26. The lowest BCUT2D eigenvalue weighted by atomic mass is 9.84. The molecule has 0 aliphatic heterocycles. The molecule has 0 aromatic heterocycles. The highest BCUT2D eigenvalue weighted by Crippen LogP contribution is 2.36. The van der Waals surface area contributed by atoms with Crippen LogP contribution in [0, 0.1) is 11.8 Å². The molecule has 4 atom stereocenters. The quantitative estimate of drug-likeness (QED) is 0.785. The molecule has 1 amide bonds. The first-order valence-corrected chi connectivity index (χ1v) is 8.26. The van der Waals surface area contributed by atoms with Gasteiger partial charge >= 0.3 is 0 Å². The number of hydrogen-bond acceptors (Lipinski definition) is 3. The smallest absolute Gasteiger partial charge is 0.237 e. The van der Waals surface area contributed by atoms with Crippen molar-refractivity contribution in [1.82, 2.24) is 0 Å². The zero-order chi connectivity index (χ0) is 14.6. The van der Waals surface area contributed by atoms with Crippen LogP contribution in [-0.2, 0) is 9.53 Å². The Hall–Kier alpha value is -0.610. The number of rotatable bonds is 6. The SMILES string of the molecule is CCC1CCCC(OCCC2CCCC2(N)C(N)=O)C1. The van der Waals surface area contributed by atoms with Crippen molar-refractivity contribution < 1.29 is 9.53 Å². The van der Waals surface area contributed by atoms with E-state index in [0.29, 0.717) is 6.10 Å². The first-order chi connectivity index (χ1) is 9.56. The summed E-state index contributed by atoms with van der Waals surface area (Å²) in [4.78, 5) is 11.5. The molecule has 0 radical (unpaired) electrons. The number of hydrogen-bond donors (Lipinski definition) is 2. The summed E-state index contributed by atoms with van der Waals surface area (Å²) in [5.74, 6) is 0.689. The number of amides is 1. The Labute approximate surface area is 122 Å². The maximum atomic E-state index is 11.5. The summed E-state index contributed by atoms with van der Waals surface area (Å²) >= 11 is 0. The van der Waals surface area contributed by atoms with Crippen LogP contribution in [0.25, 0.3) is 0 Å². The van der Waals surface area contributed by atoms with Crippen molar-refractivity contribution in [2.45, 2.75) is 76.4 Å². The highest BCUT2D eigenvalue weighted by atomic mass is 16.5. The summed E-state index contributed by atoms with van der Waals surface area (Å²) in [6.07, 6.45) is 10.3. The second-order valence-corrected chi connectivity index (χ2v) is 6.72. The van der Waals surface area contributed by atoms with Crippen molar-refractivity contribution >= 4 is 5.91 Å². The fourth-order valence-electron chi connectivity index (χ4n) is 3.97. The van der Waals surface area contributed by atoms with E-state index in [-0.39, 0.29) is 11.8 Å². The van der Waals surface area contributed by atoms with Crippen molar-refractivity contribution in [2.75, 3.05) is 6.61 Å². The Balaban J connectivity index is 1.74. The van der Waals surface area contributed by atoms with Gasteiger partial charge in [0.15, 0.2) is 0 Å². The number of ether oxygens (including phenoxy) is 1. The molecule has 4 N–H and O–H groups in total. The summed E-state index contributed by atoms with van der Waals surface area (Å²) in [5, 5.41) is 0. The van der Waals surface area contributed by atoms with Gasteiger partial charge in [-0.3, -0.25) is 4.79 Å². The molecule has 4 heteroatoms. The Morgan fingerprint density at radius 2 is 2.10 bits per heavy atom. The third-order valence-electron chi connectivity index (χ3n) is 5.46. The molecule has 2 rings (SSSR count). The molecule has 0 aromatic carbocycles. The molecule has 2 aliphatic rings. The van der Waals surface area contributed by atoms with Crippen molar-refractivity contribution in [3.05, 3.63) is 0 Å². The van der Waals surface area contributed by atoms with Crippen molar-refractivity contribution in [3.63, 3.8) is 0 Å². The highest BCUT2D eigenvalue weighted by Gasteiger charge is 2.44. The Morgan fingerprint density at radius 1 is 1.30 bits per heavy atom. The first kappa shape index (κ1) is 15.8. The lowest BCUT2D eigenvalue weighted by Gasteiger charge is -2.31. The van der Waals surface area contributed by atoms with E-state index in [9.17, 15) is 4.79 Å². The molecule has 0 saturated heterocycles. The third kappa shape index (κ3) is 3.53. The van der Waals surface area contributed by atoms with Gasteiger partial charge in [-0.1, -0.05) is 32.6 Å². The zero-order valence-corrected chi connectivity index (χ0v) is 12.8. The number of nitrogens with two attached hydrogens (primary N) is 2. The maximum absolute atomic E-state index is 11.5. The van der Waals surface area contributed by atoms with Crippen LogP contribution in [0.4, 0.5) is 0 Å². The average Bonchev–Trinajstić information content (AvgIpc) is 2.82.